The number of hydrogen-bond acceptors (Lipinski definition) is 4. The highest BCUT2D eigenvalue weighted by Crippen LogP contribution is 2.23. The molecule has 2 heterocycles. The van der Waals surface area contributed by atoms with Gasteiger partial charge in [-0.2, -0.15) is 0 Å². The number of rotatable bonds is 1. The Kier molecular flexibility index (Phi) is 2.97. The average molecular weight is 217 g/mol. The molecule has 2 rings (SSSR count). The predicted molar refractivity (Wildman–Crippen MR) is 64.0 cm³/mol. The third-order valence-electron chi connectivity index (χ3n) is 2.71. The topological polar surface area (TPSA) is 51.4 Å². The van der Waals surface area contributed by atoms with Gasteiger partial charge < -0.3 is 15.4 Å². The van der Waals surface area contributed by atoms with Gasteiger partial charge in [0, 0.05) is 0 Å². The fourth-order valence-electron chi connectivity index (χ4n) is 1.93. The van der Waals surface area contributed by atoms with Gasteiger partial charge >= 0.3 is 0 Å². The molecule has 84 valence electrons. The molecule has 2 N–H and O–H groups in total. The van der Waals surface area contributed by atoms with Gasteiger partial charge in [0.05, 0.1) is 31.1 Å². The minimum absolute atomic E-state index is 0.0332. The summed E-state index contributed by atoms with van der Waals surface area (Å²) < 4.78 is 5.43. The number of anilines is 2. The van der Waals surface area contributed by atoms with Crippen LogP contribution >= 0.6 is 0 Å². The Morgan fingerprint density at radius 1 is 1.56 bits per heavy atom. The van der Waals surface area contributed by atoms with E-state index in [0.29, 0.717) is 19.0 Å². The maximum absolute atomic E-state index is 5.56. The highest BCUT2D eigenvalue weighted by molar-refractivity contribution is 5.51. The van der Waals surface area contributed by atoms with E-state index < -0.39 is 0 Å². The highest BCUT2D eigenvalue weighted by Gasteiger charge is 2.27. The summed E-state index contributed by atoms with van der Waals surface area (Å²) in [5, 5.41) is 0. The summed E-state index contributed by atoms with van der Waals surface area (Å²) in [6.45, 7) is 3.33. The number of pyridine rings is 1. The second-order valence-electron chi connectivity index (χ2n) is 3.92. The number of morpholine rings is 1. The van der Waals surface area contributed by atoms with Gasteiger partial charge in [0.2, 0.25) is 0 Å². The number of terminal acetylenes is 1. The largest absolute Gasteiger partial charge is 0.384 e. The second kappa shape index (κ2) is 4.42. The van der Waals surface area contributed by atoms with Crippen molar-refractivity contribution in [3.05, 3.63) is 18.3 Å². The second-order valence-corrected chi connectivity index (χ2v) is 3.92. The molecule has 4 heteroatoms. The van der Waals surface area contributed by atoms with Gasteiger partial charge in [0.15, 0.2) is 0 Å². The molecule has 16 heavy (non-hydrogen) atoms. The lowest BCUT2D eigenvalue weighted by Crippen LogP contribution is -2.50. The van der Waals surface area contributed by atoms with E-state index in [-0.39, 0.29) is 12.1 Å². The lowest BCUT2D eigenvalue weighted by atomic mass is 10.1. The number of aromatic nitrogens is 1. The zero-order chi connectivity index (χ0) is 11.5. The molecule has 1 fully saturated rings. The van der Waals surface area contributed by atoms with Crippen LogP contribution in [0.3, 0.4) is 0 Å². The van der Waals surface area contributed by atoms with E-state index >= 15 is 0 Å². The normalized spacial score (nSPS) is 25.1. The number of nitrogens with zero attached hydrogens (tertiary/aromatic N) is 2. The molecule has 0 unspecified atom stereocenters. The Hall–Kier alpha value is -1.73. The van der Waals surface area contributed by atoms with Gasteiger partial charge in [0.1, 0.15) is 11.9 Å². The molecule has 2 atom stereocenters. The molecule has 1 aromatic heterocycles. The molecular formula is C12H15N3O. The van der Waals surface area contributed by atoms with E-state index in [0.717, 1.165) is 5.69 Å². The van der Waals surface area contributed by atoms with Crippen molar-refractivity contribution in [3.8, 4) is 12.3 Å². The summed E-state index contributed by atoms with van der Waals surface area (Å²) in [6.07, 6.45) is 7.26. The fraction of sp³-hybridized carbons (Fsp3) is 0.417. The van der Waals surface area contributed by atoms with Crippen LogP contribution in [0.4, 0.5) is 11.5 Å². The Labute approximate surface area is 95.4 Å². The van der Waals surface area contributed by atoms with Gasteiger partial charge in [-0.25, -0.2) is 4.98 Å². The number of ether oxygens (including phenoxy) is 1. The summed E-state index contributed by atoms with van der Waals surface area (Å²) in [5.41, 5.74) is 6.56. The minimum atomic E-state index is -0.0332. The number of nitrogen functional groups attached to an aromatic ring is 1. The van der Waals surface area contributed by atoms with Gasteiger partial charge in [-0.1, -0.05) is 5.92 Å². The average Bonchev–Trinajstić information content (AvgIpc) is 2.30. The molecule has 0 saturated carbocycles. The zero-order valence-corrected chi connectivity index (χ0v) is 9.26. The van der Waals surface area contributed by atoms with Crippen LogP contribution in [0.5, 0.6) is 0 Å². The smallest absolute Gasteiger partial charge is 0.123 e. The van der Waals surface area contributed by atoms with Crippen molar-refractivity contribution in [2.75, 3.05) is 23.8 Å². The molecule has 0 bridgehead atoms. The van der Waals surface area contributed by atoms with Gasteiger partial charge in [-0.3, -0.25) is 0 Å². The molecule has 1 aliphatic heterocycles. The van der Waals surface area contributed by atoms with Crippen LogP contribution < -0.4 is 10.6 Å². The molecule has 1 aromatic rings. The van der Waals surface area contributed by atoms with Crippen molar-refractivity contribution in [1.82, 2.24) is 4.98 Å². The monoisotopic (exact) mass is 217 g/mol. The molecule has 1 aliphatic rings. The van der Waals surface area contributed by atoms with Crippen molar-refractivity contribution in [1.29, 1.82) is 0 Å². The molecule has 0 radical (unpaired) electrons. The Morgan fingerprint density at radius 3 is 3.00 bits per heavy atom. The molecule has 1 saturated heterocycles. The lowest BCUT2D eigenvalue weighted by Gasteiger charge is -2.39. The molecule has 0 aliphatic carbocycles. The fourth-order valence-corrected chi connectivity index (χ4v) is 1.93. The van der Waals surface area contributed by atoms with E-state index in [4.69, 9.17) is 16.9 Å². The van der Waals surface area contributed by atoms with Gasteiger partial charge in [-0.05, 0) is 19.1 Å². The summed E-state index contributed by atoms with van der Waals surface area (Å²) >= 11 is 0. The van der Waals surface area contributed by atoms with Gasteiger partial charge in [-0.15, -0.1) is 6.42 Å². The van der Waals surface area contributed by atoms with Crippen LogP contribution in [-0.2, 0) is 4.74 Å². The van der Waals surface area contributed by atoms with Crippen molar-refractivity contribution in [3.63, 3.8) is 0 Å². The summed E-state index contributed by atoms with van der Waals surface area (Å²) in [5.74, 6) is 3.26. The third kappa shape index (κ3) is 1.95. The van der Waals surface area contributed by atoms with E-state index in [1.54, 1.807) is 12.3 Å². The van der Waals surface area contributed by atoms with Crippen LogP contribution in [0.25, 0.3) is 0 Å². The first-order chi connectivity index (χ1) is 7.72. The maximum Gasteiger partial charge on any atom is 0.123 e. The van der Waals surface area contributed by atoms with Crippen LogP contribution in [0.1, 0.15) is 6.92 Å². The Balaban J connectivity index is 2.29. The summed E-state index contributed by atoms with van der Waals surface area (Å²) in [6, 6.07) is 3.94. The van der Waals surface area contributed by atoms with Crippen molar-refractivity contribution < 1.29 is 4.74 Å². The number of nitrogens with two attached hydrogens (primary N) is 1. The minimum Gasteiger partial charge on any atom is -0.384 e. The van der Waals surface area contributed by atoms with E-state index in [2.05, 4.69) is 22.7 Å². The first kappa shape index (κ1) is 10.8. The molecular weight excluding hydrogens is 202 g/mol. The predicted octanol–water partition coefficient (Wildman–Crippen LogP) is 0.891. The van der Waals surface area contributed by atoms with Crippen LogP contribution in [0.15, 0.2) is 18.3 Å². The zero-order valence-electron chi connectivity index (χ0n) is 9.26. The van der Waals surface area contributed by atoms with Gasteiger partial charge in [0.25, 0.3) is 0 Å². The Morgan fingerprint density at radius 2 is 2.38 bits per heavy atom. The van der Waals surface area contributed by atoms with Crippen molar-refractivity contribution in [2.45, 2.75) is 19.0 Å². The Bertz CT molecular complexity index is 396. The van der Waals surface area contributed by atoms with Crippen LogP contribution in [-0.4, -0.2) is 30.3 Å². The van der Waals surface area contributed by atoms with E-state index in [1.165, 1.54) is 0 Å². The quantitative estimate of drug-likeness (QED) is 0.710. The summed E-state index contributed by atoms with van der Waals surface area (Å²) in [4.78, 5) is 6.23. The van der Waals surface area contributed by atoms with Crippen LogP contribution in [0.2, 0.25) is 0 Å². The number of hydrogen-bond donors (Lipinski definition) is 1. The molecule has 0 spiro atoms. The summed E-state index contributed by atoms with van der Waals surface area (Å²) in [7, 11) is 0. The molecule has 0 aromatic carbocycles. The highest BCUT2D eigenvalue weighted by atomic mass is 16.5. The lowest BCUT2D eigenvalue weighted by molar-refractivity contribution is 0.0844. The molecule has 4 nitrogen and oxygen atoms in total. The maximum atomic E-state index is 5.56. The van der Waals surface area contributed by atoms with Crippen molar-refractivity contribution in [2.24, 2.45) is 0 Å². The standard InChI is InChI=1S/C12H15N3O/c1-3-10-8-16-7-9(2)15(10)11-4-5-12(13)14-6-11/h1,4-6,9-10H,7-8H2,2H3,(H2,13,14)/t9-,10-/m1/s1. The van der Waals surface area contributed by atoms with E-state index in [1.807, 2.05) is 6.07 Å². The SMILES string of the molecule is C#C[C@@H]1COC[C@@H](C)N1c1ccc(N)nc1. The molecule has 0 amide bonds. The third-order valence-corrected chi connectivity index (χ3v) is 2.71. The first-order valence-electron chi connectivity index (χ1n) is 5.26. The first-order valence-corrected chi connectivity index (χ1v) is 5.26. The van der Waals surface area contributed by atoms with E-state index in [9.17, 15) is 0 Å². The van der Waals surface area contributed by atoms with Crippen molar-refractivity contribution >= 4 is 11.5 Å². The van der Waals surface area contributed by atoms with Crippen LogP contribution in [0, 0.1) is 12.3 Å².